The van der Waals surface area contributed by atoms with Gasteiger partial charge in [-0.3, -0.25) is 0 Å². The van der Waals surface area contributed by atoms with Gasteiger partial charge in [-0.15, -0.1) is 0 Å². The summed E-state index contributed by atoms with van der Waals surface area (Å²) in [4.78, 5) is 7.18. The number of halogens is 1. The lowest BCUT2D eigenvalue weighted by molar-refractivity contribution is 0.201. The third kappa shape index (κ3) is 1.61. The molecule has 1 aromatic carbocycles. The van der Waals surface area contributed by atoms with Crippen LogP contribution in [0.5, 0.6) is 0 Å². The zero-order valence-electron chi connectivity index (χ0n) is 7.88. The second kappa shape index (κ2) is 3.75. The first-order valence-corrected chi connectivity index (χ1v) is 4.43. The fraction of sp³-hybridized carbons (Fsp3) is 0.300. The van der Waals surface area contributed by atoms with Crippen LogP contribution in [0.15, 0.2) is 18.2 Å². The van der Waals surface area contributed by atoms with Crippen LogP contribution in [0.25, 0.3) is 11.0 Å². The second-order valence-electron chi connectivity index (χ2n) is 3.06. The van der Waals surface area contributed by atoms with Crippen LogP contribution < -0.4 is 0 Å². The van der Waals surface area contributed by atoms with Crippen LogP contribution in [0.3, 0.4) is 0 Å². The van der Waals surface area contributed by atoms with E-state index in [0.717, 1.165) is 11.3 Å². The Balaban J connectivity index is 2.36. The van der Waals surface area contributed by atoms with E-state index in [0.29, 0.717) is 18.5 Å². The minimum atomic E-state index is -0.289. The molecule has 2 rings (SSSR count). The van der Waals surface area contributed by atoms with Gasteiger partial charge < -0.3 is 9.72 Å². The lowest BCUT2D eigenvalue weighted by Crippen LogP contribution is -1.95. The highest BCUT2D eigenvalue weighted by Crippen LogP contribution is 2.14. The molecule has 14 heavy (non-hydrogen) atoms. The van der Waals surface area contributed by atoms with Gasteiger partial charge in [-0.25, -0.2) is 9.37 Å². The third-order valence-electron chi connectivity index (χ3n) is 2.06. The maximum absolute atomic E-state index is 13.2. The number of aromatic amines is 1. The molecule has 3 nitrogen and oxygen atoms in total. The van der Waals surface area contributed by atoms with Crippen molar-refractivity contribution >= 4 is 11.0 Å². The molecule has 0 unspecified atom stereocenters. The molecule has 0 saturated heterocycles. The molecule has 1 aromatic heterocycles. The van der Waals surface area contributed by atoms with Crippen molar-refractivity contribution in [2.75, 3.05) is 13.7 Å². The normalized spacial score (nSPS) is 11.0. The van der Waals surface area contributed by atoms with Gasteiger partial charge in [-0.1, -0.05) is 6.07 Å². The third-order valence-corrected chi connectivity index (χ3v) is 2.06. The largest absolute Gasteiger partial charge is 0.384 e. The van der Waals surface area contributed by atoms with Gasteiger partial charge >= 0.3 is 0 Å². The summed E-state index contributed by atoms with van der Waals surface area (Å²) in [6.45, 7) is 0.585. The Bertz CT molecular complexity index is 439. The van der Waals surface area contributed by atoms with Gasteiger partial charge in [0.25, 0.3) is 0 Å². The van der Waals surface area contributed by atoms with Crippen molar-refractivity contribution < 1.29 is 9.13 Å². The number of nitrogens with zero attached hydrogens (tertiary/aromatic N) is 1. The molecule has 0 amide bonds. The zero-order chi connectivity index (χ0) is 9.97. The smallest absolute Gasteiger partial charge is 0.151 e. The van der Waals surface area contributed by atoms with E-state index in [2.05, 4.69) is 9.97 Å². The van der Waals surface area contributed by atoms with Gasteiger partial charge in [0.05, 0.1) is 12.1 Å². The van der Waals surface area contributed by atoms with Gasteiger partial charge in [0, 0.05) is 13.5 Å². The number of H-pyrrole nitrogens is 1. The van der Waals surface area contributed by atoms with E-state index in [1.165, 1.54) is 6.07 Å². The highest BCUT2D eigenvalue weighted by Gasteiger charge is 2.05. The van der Waals surface area contributed by atoms with Crippen LogP contribution in [0.1, 0.15) is 5.82 Å². The van der Waals surface area contributed by atoms with Crippen LogP contribution in [-0.2, 0) is 11.2 Å². The summed E-state index contributed by atoms with van der Waals surface area (Å²) in [5, 5.41) is 0. The van der Waals surface area contributed by atoms with Gasteiger partial charge in [-0.2, -0.15) is 0 Å². The molecule has 0 aliphatic carbocycles. The molecule has 1 N–H and O–H groups in total. The average molecular weight is 194 g/mol. The summed E-state index contributed by atoms with van der Waals surface area (Å²) in [7, 11) is 1.63. The molecule has 0 saturated carbocycles. The van der Waals surface area contributed by atoms with Gasteiger partial charge in [0.1, 0.15) is 11.3 Å². The van der Waals surface area contributed by atoms with E-state index in [1.54, 1.807) is 13.2 Å². The number of imidazole rings is 1. The van der Waals surface area contributed by atoms with Gasteiger partial charge in [0.2, 0.25) is 0 Å². The lowest BCUT2D eigenvalue weighted by Gasteiger charge is -1.92. The topological polar surface area (TPSA) is 37.9 Å². The van der Waals surface area contributed by atoms with E-state index in [4.69, 9.17) is 4.74 Å². The first-order valence-electron chi connectivity index (χ1n) is 4.43. The Morgan fingerprint density at radius 3 is 3.07 bits per heavy atom. The quantitative estimate of drug-likeness (QED) is 0.810. The second-order valence-corrected chi connectivity index (χ2v) is 3.06. The number of methoxy groups -OCH3 is 1. The number of fused-ring (bicyclic) bond motifs is 1. The Morgan fingerprint density at radius 2 is 2.36 bits per heavy atom. The summed E-state index contributed by atoms with van der Waals surface area (Å²) < 4.78 is 18.1. The fourth-order valence-electron chi connectivity index (χ4n) is 1.37. The summed E-state index contributed by atoms with van der Waals surface area (Å²) in [5.41, 5.74) is 1.13. The van der Waals surface area contributed by atoms with Crippen molar-refractivity contribution in [3.63, 3.8) is 0 Å². The Kier molecular flexibility index (Phi) is 2.45. The van der Waals surface area contributed by atoms with E-state index in [9.17, 15) is 4.39 Å². The highest BCUT2D eigenvalue weighted by molar-refractivity contribution is 5.75. The number of hydrogen-bond acceptors (Lipinski definition) is 2. The molecule has 0 radical (unpaired) electrons. The Hall–Kier alpha value is -1.42. The maximum atomic E-state index is 13.2. The van der Waals surface area contributed by atoms with E-state index in [1.807, 2.05) is 6.07 Å². The monoisotopic (exact) mass is 194 g/mol. The molecule has 4 heteroatoms. The number of aromatic nitrogens is 2. The predicted octanol–water partition coefficient (Wildman–Crippen LogP) is 1.89. The first kappa shape index (κ1) is 9.15. The molecular weight excluding hydrogens is 183 g/mol. The Morgan fingerprint density at radius 1 is 1.50 bits per heavy atom. The molecule has 0 fully saturated rings. The maximum Gasteiger partial charge on any atom is 0.151 e. The Labute approximate surface area is 80.9 Å². The predicted molar refractivity (Wildman–Crippen MR) is 51.6 cm³/mol. The van der Waals surface area contributed by atoms with Crippen LogP contribution in [0.2, 0.25) is 0 Å². The SMILES string of the molecule is COCCc1nc2c(F)cccc2[nH]1. The summed E-state index contributed by atoms with van der Waals surface area (Å²) in [6.07, 6.45) is 0.671. The molecule has 0 aliphatic heterocycles. The lowest BCUT2D eigenvalue weighted by atomic mass is 10.3. The molecular formula is C10H11FN2O. The molecule has 0 spiro atoms. The molecule has 1 heterocycles. The number of rotatable bonds is 3. The van der Waals surface area contributed by atoms with E-state index in [-0.39, 0.29) is 5.82 Å². The summed E-state index contributed by atoms with van der Waals surface area (Å²) in [5.74, 6) is 0.467. The standard InChI is InChI=1S/C10H11FN2O/c1-14-6-5-9-12-8-4-2-3-7(11)10(8)13-9/h2-4H,5-6H2,1H3,(H,12,13). The van der Waals surface area contributed by atoms with Crippen molar-refractivity contribution in [3.05, 3.63) is 29.8 Å². The fourth-order valence-corrected chi connectivity index (χ4v) is 1.37. The van der Waals surface area contributed by atoms with Crippen LogP contribution >= 0.6 is 0 Å². The van der Waals surface area contributed by atoms with Crippen molar-refractivity contribution in [2.45, 2.75) is 6.42 Å². The molecule has 2 aromatic rings. The van der Waals surface area contributed by atoms with Crippen LogP contribution in [0.4, 0.5) is 4.39 Å². The zero-order valence-corrected chi connectivity index (χ0v) is 7.88. The van der Waals surface area contributed by atoms with Crippen molar-refractivity contribution in [1.82, 2.24) is 9.97 Å². The highest BCUT2D eigenvalue weighted by atomic mass is 19.1. The van der Waals surface area contributed by atoms with E-state index >= 15 is 0 Å². The molecule has 0 aliphatic rings. The van der Waals surface area contributed by atoms with Crippen molar-refractivity contribution in [2.24, 2.45) is 0 Å². The van der Waals surface area contributed by atoms with Gasteiger partial charge in [0.15, 0.2) is 5.82 Å². The number of ether oxygens (including phenoxy) is 1. The van der Waals surface area contributed by atoms with Crippen molar-refractivity contribution in [3.8, 4) is 0 Å². The summed E-state index contributed by atoms with van der Waals surface area (Å²) in [6, 6.07) is 4.88. The van der Waals surface area contributed by atoms with Crippen molar-refractivity contribution in [1.29, 1.82) is 0 Å². The molecule has 74 valence electrons. The number of benzene rings is 1. The number of hydrogen-bond donors (Lipinski definition) is 1. The van der Waals surface area contributed by atoms with Crippen LogP contribution in [-0.4, -0.2) is 23.7 Å². The number of nitrogens with one attached hydrogen (secondary N) is 1. The van der Waals surface area contributed by atoms with Crippen LogP contribution in [0, 0.1) is 5.82 Å². The number of para-hydroxylation sites is 1. The summed E-state index contributed by atoms with van der Waals surface area (Å²) >= 11 is 0. The minimum absolute atomic E-state index is 0.289. The minimum Gasteiger partial charge on any atom is -0.384 e. The van der Waals surface area contributed by atoms with Gasteiger partial charge in [-0.05, 0) is 12.1 Å². The first-order chi connectivity index (χ1) is 6.81. The molecule has 0 bridgehead atoms. The van der Waals surface area contributed by atoms with E-state index < -0.39 is 0 Å². The molecule has 0 atom stereocenters. The average Bonchev–Trinajstić information content (AvgIpc) is 2.59.